The topological polar surface area (TPSA) is 66.0 Å². The number of carbonyl (C=O) groups is 1. The monoisotopic (exact) mass is 340 g/mol. The number of rotatable bonds is 3. The summed E-state index contributed by atoms with van der Waals surface area (Å²) in [6.07, 6.45) is -2.87. The van der Waals surface area contributed by atoms with E-state index in [1.807, 2.05) is 6.07 Å². The molecule has 0 bridgehead atoms. The molecule has 1 unspecified atom stereocenters. The molecule has 0 fully saturated rings. The van der Waals surface area contributed by atoms with E-state index < -0.39 is 29.5 Å². The number of carboxylic acids is 1. The Morgan fingerprint density at radius 2 is 2.00 bits per heavy atom. The van der Waals surface area contributed by atoms with Crippen molar-refractivity contribution in [2.75, 3.05) is 0 Å². The summed E-state index contributed by atoms with van der Waals surface area (Å²) in [5, 5.41) is 18.9. The Bertz CT molecular complexity index is 816. The van der Waals surface area contributed by atoms with Gasteiger partial charge in [0.2, 0.25) is 0 Å². The van der Waals surface area contributed by atoms with Crippen LogP contribution >= 0.6 is 11.6 Å². The van der Waals surface area contributed by atoms with Gasteiger partial charge in [-0.15, -0.1) is 0 Å². The number of nitrogens with zero attached hydrogens (tertiary/aromatic N) is 2. The average molecular weight is 341 g/mol. The number of fused-ring (bicyclic) bond motifs is 1. The first kappa shape index (κ1) is 17.2. The zero-order valence-electron chi connectivity index (χ0n) is 12.8. The first-order valence-corrected chi connectivity index (χ1v) is 7.21. The molecule has 2 aromatic rings. The predicted molar refractivity (Wildman–Crippen MR) is 82.7 cm³/mol. The fourth-order valence-corrected chi connectivity index (χ4v) is 2.95. The number of halogens is 3. The van der Waals surface area contributed by atoms with E-state index in [9.17, 15) is 18.7 Å². The molecule has 4 nitrogen and oxygen atoms in total. The minimum atomic E-state index is -2.87. The first-order valence-electron chi connectivity index (χ1n) is 6.84. The number of nitriles is 1. The molecular weight excluding hydrogens is 326 g/mol. The molecule has 1 aromatic carbocycles. The van der Waals surface area contributed by atoms with Crippen molar-refractivity contribution in [3.8, 4) is 6.07 Å². The summed E-state index contributed by atoms with van der Waals surface area (Å²) < 4.78 is 28.0. The van der Waals surface area contributed by atoms with Gasteiger partial charge in [0.05, 0.1) is 21.8 Å². The summed E-state index contributed by atoms with van der Waals surface area (Å²) in [7, 11) is 0. The van der Waals surface area contributed by atoms with Crippen molar-refractivity contribution in [1.29, 1.82) is 5.26 Å². The van der Waals surface area contributed by atoms with Crippen LogP contribution in [0.2, 0.25) is 5.02 Å². The van der Waals surface area contributed by atoms with Crippen LogP contribution in [0.5, 0.6) is 0 Å². The van der Waals surface area contributed by atoms with Gasteiger partial charge in [-0.05, 0) is 23.6 Å². The van der Waals surface area contributed by atoms with Gasteiger partial charge < -0.3 is 9.67 Å². The van der Waals surface area contributed by atoms with Gasteiger partial charge >= 0.3 is 5.97 Å². The van der Waals surface area contributed by atoms with Crippen molar-refractivity contribution in [2.45, 2.75) is 33.2 Å². The van der Waals surface area contributed by atoms with Crippen LogP contribution in [-0.4, -0.2) is 15.6 Å². The molecular formula is C16H15ClF2N2O2. The number of alkyl halides is 2. The van der Waals surface area contributed by atoms with Crippen LogP contribution in [0, 0.1) is 16.7 Å². The molecule has 0 spiro atoms. The molecule has 0 aliphatic rings. The standard InChI is InChI=1S/C16H15ClF2N2O2/c1-16(2,3)13(15(22)23)21-10-5-4-8(7-20)12(17)9(10)6-11(21)14(18)19/h4-6,13-14H,1-3H3,(H,22,23). The van der Waals surface area contributed by atoms with Gasteiger partial charge in [0.1, 0.15) is 12.1 Å². The first-order chi connectivity index (χ1) is 10.6. The molecule has 0 saturated carbocycles. The van der Waals surface area contributed by atoms with Crippen LogP contribution in [-0.2, 0) is 4.79 Å². The highest BCUT2D eigenvalue weighted by molar-refractivity contribution is 6.36. The molecule has 1 aromatic heterocycles. The van der Waals surface area contributed by atoms with E-state index in [4.69, 9.17) is 16.9 Å². The summed E-state index contributed by atoms with van der Waals surface area (Å²) >= 11 is 6.10. The third-order valence-corrected chi connectivity index (χ3v) is 4.05. The number of aliphatic carboxylic acids is 1. The summed E-state index contributed by atoms with van der Waals surface area (Å²) in [5.41, 5.74) is -0.812. The zero-order valence-corrected chi connectivity index (χ0v) is 13.5. The van der Waals surface area contributed by atoms with E-state index in [1.165, 1.54) is 12.1 Å². The van der Waals surface area contributed by atoms with Gasteiger partial charge in [0, 0.05) is 5.39 Å². The Hall–Kier alpha value is -2.13. The Labute approximate surface area is 136 Å². The van der Waals surface area contributed by atoms with Crippen LogP contribution in [0.4, 0.5) is 8.78 Å². The maximum absolute atomic E-state index is 13.5. The summed E-state index contributed by atoms with van der Waals surface area (Å²) in [6, 6.07) is 4.69. The summed E-state index contributed by atoms with van der Waals surface area (Å²) in [5.74, 6) is -1.21. The van der Waals surface area contributed by atoms with Gasteiger partial charge in [-0.1, -0.05) is 32.4 Å². The lowest BCUT2D eigenvalue weighted by atomic mass is 9.86. The van der Waals surface area contributed by atoms with E-state index in [-0.39, 0.29) is 21.5 Å². The molecule has 2 rings (SSSR count). The number of hydrogen-bond acceptors (Lipinski definition) is 2. The van der Waals surface area contributed by atoms with Gasteiger partial charge in [0.15, 0.2) is 0 Å². The molecule has 0 radical (unpaired) electrons. The molecule has 7 heteroatoms. The van der Waals surface area contributed by atoms with Gasteiger partial charge in [0.25, 0.3) is 6.43 Å². The summed E-state index contributed by atoms with van der Waals surface area (Å²) in [6.45, 7) is 4.99. The van der Waals surface area contributed by atoms with E-state index in [0.717, 1.165) is 10.6 Å². The van der Waals surface area contributed by atoms with Crippen molar-refractivity contribution in [3.63, 3.8) is 0 Å². The minimum absolute atomic E-state index is 0.0451. The Morgan fingerprint density at radius 1 is 1.39 bits per heavy atom. The van der Waals surface area contributed by atoms with Crippen molar-refractivity contribution < 1.29 is 18.7 Å². The highest BCUT2D eigenvalue weighted by Crippen LogP contribution is 2.40. The maximum atomic E-state index is 13.5. The number of aromatic nitrogens is 1. The quantitative estimate of drug-likeness (QED) is 0.874. The molecule has 0 saturated heterocycles. The maximum Gasteiger partial charge on any atom is 0.327 e. The fraction of sp³-hybridized carbons (Fsp3) is 0.375. The van der Waals surface area contributed by atoms with E-state index >= 15 is 0 Å². The SMILES string of the molecule is CC(C)(C)C(C(=O)O)n1c(C(F)F)cc2c(Cl)c(C#N)ccc21. The number of carboxylic acid groups (broad SMARTS) is 1. The van der Waals surface area contributed by atoms with E-state index in [1.54, 1.807) is 20.8 Å². The van der Waals surface area contributed by atoms with Crippen molar-refractivity contribution >= 4 is 28.5 Å². The van der Waals surface area contributed by atoms with Crippen molar-refractivity contribution in [2.24, 2.45) is 5.41 Å². The third kappa shape index (κ3) is 2.89. The second-order valence-electron chi connectivity index (χ2n) is 6.32. The normalized spacial score (nSPS) is 13.3. The molecule has 122 valence electrons. The minimum Gasteiger partial charge on any atom is -0.480 e. The fourth-order valence-electron chi connectivity index (χ4n) is 2.70. The second-order valence-corrected chi connectivity index (χ2v) is 6.70. The number of hydrogen-bond donors (Lipinski definition) is 1. The van der Waals surface area contributed by atoms with Crippen LogP contribution in [0.1, 0.15) is 44.5 Å². The van der Waals surface area contributed by atoms with Crippen molar-refractivity contribution in [1.82, 2.24) is 4.57 Å². The molecule has 1 heterocycles. The summed E-state index contributed by atoms with van der Waals surface area (Å²) in [4.78, 5) is 11.7. The highest BCUT2D eigenvalue weighted by atomic mass is 35.5. The molecule has 1 N–H and O–H groups in total. The van der Waals surface area contributed by atoms with Crippen LogP contribution < -0.4 is 0 Å². The highest BCUT2D eigenvalue weighted by Gasteiger charge is 2.37. The van der Waals surface area contributed by atoms with Crippen LogP contribution in [0.25, 0.3) is 10.9 Å². The largest absolute Gasteiger partial charge is 0.480 e. The lowest BCUT2D eigenvalue weighted by molar-refractivity contribution is -0.144. The van der Waals surface area contributed by atoms with Crippen molar-refractivity contribution in [3.05, 3.63) is 34.5 Å². The van der Waals surface area contributed by atoms with Gasteiger partial charge in [-0.3, -0.25) is 0 Å². The lowest BCUT2D eigenvalue weighted by Gasteiger charge is -2.30. The Balaban J connectivity index is 2.91. The smallest absolute Gasteiger partial charge is 0.327 e. The Morgan fingerprint density at radius 3 is 2.43 bits per heavy atom. The molecule has 23 heavy (non-hydrogen) atoms. The van der Waals surface area contributed by atoms with E-state index in [0.29, 0.717) is 0 Å². The van der Waals surface area contributed by atoms with Crippen LogP contribution in [0.3, 0.4) is 0 Å². The van der Waals surface area contributed by atoms with Gasteiger partial charge in [-0.25, -0.2) is 13.6 Å². The Kier molecular flexibility index (Phi) is 4.36. The predicted octanol–water partition coefficient (Wildman–Crippen LogP) is 4.78. The van der Waals surface area contributed by atoms with Crippen LogP contribution in [0.15, 0.2) is 18.2 Å². The molecule has 0 aliphatic carbocycles. The third-order valence-electron chi connectivity index (χ3n) is 3.64. The van der Waals surface area contributed by atoms with Gasteiger partial charge in [-0.2, -0.15) is 5.26 Å². The zero-order chi connectivity index (χ0) is 17.5. The molecule has 0 aliphatic heterocycles. The van der Waals surface area contributed by atoms with E-state index in [2.05, 4.69) is 0 Å². The molecule has 0 amide bonds. The second kappa shape index (κ2) is 5.82. The lowest BCUT2D eigenvalue weighted by Crippen LogP contribution is -2.32. The average Bonchev–Trinajstić information content (AvgIpc) is 2.78. The molecule has 1 atom stereocenters. The number of benzene rings is 1.